The van der Waals surface area contributed by atoms with Gasteiger partial charge in [0.15, 0.2) is 0 Å². The summed E-state index contributed by atoms with van der Waals surface area (Å²) in [5.41, 5.74) is 9.41. The van der Waals surface area contributed by atoms with E-state index >= 15 is 0 Å². The highest BCUT2D eigenvalue weighted by atomic mass is 79.9. The van der Waals surface area contributed by atoms with Crippen LogP contribution in [0.4, 0.5) is 0 Å². The highest BCUT2D eigenvalue weighted by molar-refractivity contribution is 9.10. The molecule has 0 saturated carbocycles. The van der Waals surface area contributed by atoms with Crippen LogP contribution in [0.15, 0.2) is 40.9 Å². The molecule has 2 rings (SSSR count). The Bertz CT molecular complexity index is 608. The Balaban J connectivity index is 2.32. The summed E-state index contributed by atoms with van der Waals surface area (Å²) in [5, 5.41) is 0. The van der Waals surface area contributed by atoms with Crippen molar-refractivity contribution in [2.75, 3.05) is 0 Å². The number of hydrogen-bond donors (Lipinski definition) is 1. The van der Waals surface area contributed by atoms with Crippen LogP contribution in [0.25, 0.3) is 0 Å². The Kier molecular flexibility index (Phi) is 4.84. The number of ether oxygens (including phenoxy) is 1. The van der Waals surface area contributed by atoms with Crippen molar-refractivity contribution >= 4 is 15.9 Å². The molecule has 0 aliphatic carbocycles. The van der Waals surface area contributed by atoms with Crippen molar-refractivity contribution in [1.29, 1.82) is 0 Å². The number of halogens is 1. The smallest absolute Gasteiger partial charge is 0.130 e. The van der Waals surface area contributed by atoms with Crippen molar-refractivity contribution < 1.29 is 4.74 Å². The van der Waals surface area contributed by atoms with Gasteiger partial charge in [-0.2, -0.15) is 0 Å². The molecule has 0 aliphatic heterocycles. The third kappa shape index (κ3) is 3.84. The molecule has 0 amide bonds. The average Bonchev–Trinajstić information content (AvgIpc) is 2.34. The average molecular weight is 334 g/mol. The second-order valence-corrected chi connectivity index (χ2v) is 6.22. The van der Waals surface area contributed by atoms with Gasteiger partial charge >= 0.3 is 0 Å². The molecule has 20 heavy (non-hydrogen) atoms. The summed E-state index contributed by atoms with van der Waals surface area (Å²) in [6.07, 6.45) is 0.791. The monoisotopic (exact) mass is 333 g/mol. The maximum Gasteiger partial charge on any atom is 0.130 e. The maximum atomic E-state index is 6.07. The van der Waals surface area contributed by atoms with Crippen molar-refractivity contribution in [3.05, 3.63) is 57.6 Å². The number of aryl methyl sites for hydroxylation is 2. The Hall–Kier alpha value is -1.32. The first-order chi connectivity index (χ1) is 9.45. The predicted molar refractivity (Wildman–Crippen MR) is 87.5 cm³/mol. The Morgan fingerprint density at radius 3 is 2.45 bits per heavy atom. The van der Waals surface area contributed by atoms with E-state index in [1.165, 1.54) is 5.56 Å². The number of benzene rings is 2. The number of hydrogen-bond acceptors (Lipinski definition) is 2. The van der Waals surface area contributed by atoms with E-state index in [0.717, 1.165) is 33.5 Å². The minimum atomic E-state index is 0.103. The summed E-state index contributed by atoms with van der Waals surface area (Å²) in [4.78, 5) is 0. The van der Waals surface area contributed by atoms with Gasteiger partial charge in [0.2, 0.25) is 0 Å². The normalized spacial score (nSPS) is 12.2. The first kappa shape index (κ1) is 15.1. The van der Waals surface area contributed by atoms with Gasteiger partial charge in [-0.25, -0.2) is 0 Å². The van der Waals surface area contributed by atoms with Crippen molar-refractivity contribution in [2.45, 2.75) is 33.2 Å². The second kappa shape index (κ2) is 6.42. The fourth-order valence-electron chi connectivity index (χ4n) is 2.19. The lowest BCUT2D eigenvalue weighted by Gasteiger charge is -2.15. The molecule has 2 aromatic rings. The lowest BCUT2D eigenvalue weighted by Crippen LogP contribution is -2.18. The fraction of sp³-hybridized carbons (Fsp3) is 0.294. The van der Waals surface area contributed by atoms with Crippen LogP contribution in [-0.4, -0.2) is 6.04 Å². The van der Waals surface area contributed by atoms with Crippen molar-refractivity contribution in [1.82, 2.24) is 0 Å². The molecule has 106 valence electrons. The molecule has 2 aromatic carbocycles. The van der Waals surface area contributed by atoms with Crippen LogP contribution in [0.1, 0.15) is 23.6 Å². The highest BCUT2D eigenvalue weighted by Crippen LogP contribution is 2.31. The molecule has 3 heteroatoms. The number of nitrogens with two attached hydrogens (primary N) is 1. The molecule has 0 spiro atoms. The minimum absolute atomic E-state index is 0.103. The van der Waals surface area contributed by atoms with E-state index in [-0.39, 0.29) is 6.04 Å². The standard InChI is InChI=1S/C17H20BrNO/c1-11-4-6-16(12(2)8-11)20-17-7-5-15(18)10-14(17)9-13(3)19/h4-8,10,13H,9,19H2,1-3H3. The molecule has 1 unspecified atom stereocenters. The molecule has 0 heterocycles. The predicted octanol–water partition coefficient (Wildman–Crippen LogP) is 4.75. The molecule has 0 radical (unpaired) electrons. The quantitative estimate of drug-likeness (QED) is 0.876. The maximum absolute atomic E-state index is 6.07. The zero-order valence-electron chi connectivity index (χ0n) is 12.1. The van der Waals surface area contributed by atoms with Gasteiger partial charge in [-0.05, 0) is 62.6 Å². The Labute approximate surface area is 129 Å². The molecule has 0 fully saturated rings. The van der Waals surface area contributed by atoms with Crippen LogP contribution in [0.5, 0.6) is 11.5 Å². The summed E-state index contributed by atoms with van der Waals surface area (Å²) in [7, 11) is 0. The minimum Gasteiger partial charge on any atom is -0.457 e. The molecular formula is C17H20BrNO. The van der Waals surface area contributed by atoms with Crippen LogP contribution in [0.3, 0.4) is 0 Å². The van der Waals surface area contributed by atoms with Crippen molar-refractivity contribution in [2.24, 2.45) is 5.73 Å². The van der Waals surface area contributed by atoms with E-state index in [0.29, 0.717) is 0 Å². The molecule has 2 nitrogen and oxygen atoms in total. The van der Waals surface area contributed by atoms with Gasteiger partial charge in [-0.15, -0.1) is 0 Å². The Morgan fingerprint density at radius 1 is 1.10 bits per heavy atom. The van der Waals surface area contributed by atoms with Crippen LogP contribution >= 0.6 is 15.9 Å². The summed E-state index contributed by atoms with van der Waals surface area (Å²) < 4.78 is 7.12. The van der Waals surface area contributed by atoms with Gasteiger partial charge in [0.1, 0.15) is 11.5 Å². The zero-order chi connectivity index (χ0) is 14.7. The first-order valence-electron chi connectivity index (χ1n) is 6.75. The van der Waals surface area contributed by atoms with E-state index in [1.54, 1.807) is 0 Å². The number of rotatable bonds is 4. The molecule has 0 saturated heterocycles. The van der Waals surface area contributed by atoms with Crippen LogP contribution in [0.2, 0.25) is 0 Å². The lowest BCUT2D eigenvalue weighted by molar-refractivity contribution is 0.470. The SMILES string of the molecule is Cc1ccc(Oc2ccc(Br)cc2CC(C)N)c(C)c1. The van der Waals surface area contributed by atoms with Gasteiger partial charge in [0.25, 0.3) is 0 Å². The van der Waals surface area contributed by atoms with E-state index < -0.39 is 0 Å². The van der Waals surface area contributed by atoms with E-state index in [4.69, 9.17) is 10.5 Å². The third-order valence-corrected chi connectivity index (χ3v) is 3.61. The summed E-state index contributed by atoms with van der Waals surface area (Å²) in [6, 6.07) is 12.4. The van der Waals surface area contributed by atoms with E-state index in [1.807, 2.05) is 25.1 Å². The topological polar surface area (TPSA) is 35.2 Å². The van der Waals surface area contributed by atoms with Gasteiger partial charge in [0, 0.05) is 10.5 Å². The van der Waals surface area contributed by atoms with E-state index in [9.17, 15) is 0 Å². The first-order valence-corrected chi connectivity index (χ1v) is 7.54. The van der Waals surface area contributed by atoms with Crippen LogP contribution < -0.4 is 10.5 Å². The molecule has 1 atom stereocenters. The molecule has 0 aromatic heterocycles. The fourth-order valence-corrected chi connectivity index (χ4v) is 2.59. The third-order valence-electron chi connectivity index (χ3n) is 3.11. The molecule has 0 bridgehead atoms. The van der Waals surface area contributed by atoms with Crippen molar-refractivity contribution in [3.63, 3.8) is 0 Å². The van der Waals surface area contributed by atoms with Gasteiger partial charge in [-0.3, -0.25) is 0 Å². The molecule has 2 N–H and O–H groups in total. The summed E-state index contributed by atoms with van der Waals surface area (Å²) in [6.45, 7) is 6.15. The van der Waals surface area contributed by atoms with Gasteiger partial charge in [-0.1, -0.05) is 33.6 Å². The Morgan fingerprint density at radius 2 is 1.80 bits per heavy atom. The summed E-state index contributed by atoms with van der Waals surface area (Å²) >= 11 is 3.50. The van der Waals surface area contributed by atoms with Crippen LogP contribution in [-0.2, 0) is 6.42 Å². The van der Waals surface area contributed by atoms with Crippen LogP contribution in [0, 0.1) is 13.8 Å². The van der Waals surface area contributed by atoms with Gasteiger partial charge < -0.3 is 10.5 Å². The van der Waals surface area contributed by atoms with E-state index in [2.05, 4.69) is 48.0 Å². The summed E-state index contributed by atoms with van der Waals surface area (Å²) in [5.74, 6) is 1.77. The highest BCUT2D eigenvalue weighted by Gasteiger charge is 2.09. The largest absolute Gasteiger partial charge is 0.457 e. The lowest BCUT2D eigenvalue weighted by atomic mass is 10.1. The van der Waals surface area contributed by atoms with Gasteiger partial charge in [0.05, 0.1) is 0 Å². The molecule has 0 aliphatic rings. The molecular weight excluding hydrogens is 314 g/mol. The second-order valence-electron chi connectivity index (χ2n) is 5.30. The van der Waals surface area contributed by atoms with Crippen molar-refractivity contribution in [3.8, 4) is 11.5 Å². The zero-order valence-corrected chi connectivity index (χ0v) is 13.7.